The molecule has 4 atom stereocenters. The van der Waals surface area contributed by atoms with Crippen LogP contribution >= 0.6 is 11.3 Å². The van der Waals surface area contributed by atoms with Crippen molar-refractivity contribution in [1.29, 1.82) is 0 Å². The fourth-order valence-corrected chi connectivity index (χ4v) is 5.34. The molecule has 3 N–H and O–H groups in total. The number of hydrogen-bond donors (Lipinski definition) is 3. The Balaban J connectivity index is 1.58. The van der Waals surface area contributed by atoms with Crippen molar-refractivity contribution in [1.82, 2.24) is 20.7 Å². The van der Waals surface area contributed by atoms with Crippen LogP contribution in [-0.4, -0.2) is 72.2 Å². The number of amidine groups is 1. The molecule has 4 unspecified atom stereocenters. The molecule has 2 aliphatic rings. The lowest BCUT2D eigenvalue weighted by Gasteiger charge is -2.35. The van der Waals surface area contributed by atoms with E-state index in [-0.39, 0.29) is 12.5 Å². The van der Waals surface area contributed by atoms with Crippen LogP contribution in [-0.2, 0) is 15.4 Å². The SMILES string of the molecule is [B][B]C(=O)NC(C(=O)N1CC(O)CC1C1=NC(C)(c2ccc(-c3scnc3C)cc2)ON1)C(C)(C)C. The highest BCUT2D eigenvalue weighted by Crippen LogP contribution is 2.35. The van der Waals surface area contributed by atoms with Crippen LogP contribution < -0.4 is 10.8 Å². The van der Waals surface area contributed by atoms with Gasteiger partial charge in [-0.3, -0.25) is 9.59 Å². The smallest absolute Gasteiger partial charge is 0.246 e. The van der Waals surface area contributed by atoms with Crippen molar-refractivity contribution in [2.24, 2.45) is 10.4 Å². The molecule has 0 saturated carbocycles. The van der Waals surface area contributed by atoms with Crippen LogP contribution in [0.5, 0.6) is 0 Å². The van der Waals surface area contributed by atoms with E-state index in [0.717, 1.165) is 28.9 Å². The van der Waals surface area contributed by atoms with Crippen LogP contribution in [0.1, 0.15) is 45.4 Å². The molecule has 187 valence electrons. The summed E-state index contributed by atoms with van der Waals surface area (Å²) in [5, 5.41) is 13.1. The molecule has 4 rings (SSSR count). The molecular weight excluding hydrogens is 476 g/mol. The molecule has 1 aromatic heterocycles. The van der Waals surface area contributed by atoms with E-state index in [1.54, 1.807) is 16.2 Å². The standard InChI is InChI=1S/C24H30B2N5O4S/c1-13-18(36-12-27-13)14-6-8-15(9-7-14)24(5)29-20(30-35-24)17-10-16(32)11-31(17)21(33)19(23(2,3)4)28-22(34)26-25/h6-9,12,16-17,19,32H,10-11H2,1-5H3,(H,28,34)(H,29,30). The van der Waals surface area contributed by atoms with Gasteiger partial charge in [0.2, 0.25) is 11.6 Å². The number of nitrogens with zero attached hydrogens (tertiary/aromatic N) is 3. The number of aliphatic hydroxyl groups excluding tert-OH is 1. The minimum Gasteiger partial charge on any atom is -0.391 e. The van der Waals surface area contributed by atoms with Gasteiger partial charge in [-0.25, -0.2) is 20.3 Å². The number of aryl methyl sites for hydroxylation is 1. The number of aliphatic imine (C=N–C) groups is 1. The maximum absolute atomic E-state index is 13.6. The molecule has 2 aromatic rings. The Kier molecular flexibility index (Phi) is 7.32. The number of carbonyl (C=O) groups excluding carboxylic acids is 2. The summed E-state index contributed by atoms with van der Waals surface area (Å²) in [5.41, 5.74) is 6.02. The van der Waals surface area contributed by atoms with Gasteiger partial charge in [0, 0.05) is 26.3 Å². The Morgan fingerprint density at radius 1 is 1.36 bits per heavy atom. The fraction of sp³-hybridized carbons (Fsp3) is 0.500. The van der Waals surface area contributed by atoms with Gasteiger partial charge in [0.05, 0.1) is 28.2 Å². The first-order valence-corrected chi connectivity index (χ1v) is 12.7. The van der Waals surface area contributed by atoms with Gasteiger partial charge in [-0.05, 0) is 24.8 Å². The van der Waals surface area contributed by atoms with E-state index in [2.05, 4.69) is 15.8 Å². The normalized spacial score (nSPS) is 24.7. The second-order valence-corrected chi connectivity index (χ2v) is 11.3. The summed E-state index contributed by atoms with van der Waals surface area (Å²) in [5.74, 6) is -0.403. The molecule has 1 aromatic carbocycles. The molecule has 36 heavy (non-hydrogen) atoms. The summed E-state index contributed by atoms with van der Waals surface area (Å²) >= 11 is 1.59. The summed E-state index contributed by atoms with van der Waals surface area (Å²) in [6, 6.07) is 6.58. The molecule has 0 aliphatic carbocycles. The number of aromatic nitrogens is 1. The van der Waals surface area contributed by atoms with Crippen LogP contribution in [0.25, 0.3) is 10.4 Å². The molecule has 9 nitrogen and oxygen atoms in total. The maximum Gasteiger partial charge on any atom is 0.246 e. The first-order chi connectivity index (χ1) is 16.9. The van der Waals surface area contributed by atoms with E-state index in [9.17, 15) is 14.7 Å². The Labute approximate surface area is 217 Å². The number of amides is 2. The van der Waals surface area contributed by atoms with E-state index in [4.69, 9.17) is 17.6 Å². The number of thiazole rings is 1. The van der Waals surface area contributed by atoms with Crippen LogP contribution in [0.2, 0.25) is 0 Å². The Morgan fingerprint density at radius 2 is 2.06 bits per heavy atom. The van der Waals surface area contributed by atoms with Crippen molar-refractivity contribution in [3.63, 3.8) is 0 Å². The predicted molar refractivity (Wildman–Crippen MR) is 141 cm³/mol. The zero-order valence-corrected chi connectivity index (χ0v) is 21.9. The van der Waals surface area contributed by atoms with Crippen LogP contribution in [0, 0.1) is 12.3 Å². The summed E-state index contributed by atoms with van der Waals surface area (Å²) in [4.78, 5) is 43.2. The van der Waals surface area contributed by atoms with E-state index in [1.807, 2.05) is 64.4 Å². The van der Waals surface area contributed by atoms with Gasteiger partial charge in [-0.2, -0.15) is 0 Å². The average molecular weight is 506 g/mol. The molecular formula is C24H30B2N5O4S. The van der Waals surface area contributed by atoms with Crippen LogP contribution in [0.15, 0.2) is 34.8 Å². The minimum absolute atomic E-state index is 0.124. The Hall–Kier alpha value is -2.69. The third-order valence-electron chi connectivity index (χ3n) is 6.55. The van der Waals surface area contributed by atoms with Gasteiger partial charge >= 0.3 is 0 Å². The maximum atomic E-state index is 13.6. The number of hydroxylamine groups is 1. The Morgan fingerprint density at radius 3 is 2.64 bits per heavy atom. The second-order valence-electron chi connectivity index (χ2n) is 10.4. The van der Waals surface area contributed by atoms with Gasteiger partial charge in [-0.1, -0.05) is 45.0 Å². The van der Waals surface area contributed by atoms with Crippen molar-refractivity contribution in [2.45, 2.75) is 65.0 Å². The van der Waals surface area contributed by atoms with Crippen molar-refractivity contribution in [3.8, 4) is 10.4 Å². The lowest BCUT2D eigenvalue weighted by atomic mass is 9.55. The largest absolute Gasteiger partial charge is 0.391 e. The number of hydrogen-bond acceptors (Lipinski definition) is 8. The number of benzene rings is 1. The first kappa shape index (κ1) is 26.4. The van der Waals surface area contributed by atoms with Gasteiger partial charge in [0.25, 0.3) is 0 Å². The number of likely N-dealkylation sites (tertiary alicyclic amines) is 1. The number of β-amino-alcohol motifs (C(OH)–C–C–N with tert-alkyl or cyclic N) is 1. The molecule has 1 fully saturated rings. The van der Waals surface area contributed by atoms with Gasteiger partial charge in [0.1, 0.15) is 11.9 Å². The monoisotopic (exact) mass is 506 g/mol. The number of rotatable bonds is 6. The predicted octanol–water partition coefficient (Wildman–Crippen LogP) is 2.10. The van der Waals surface area contributed by atoms with Crippen molar-refractivity contribution >= 4 is 43.8 Å². The quantitative estimate of drug-likeness (QED) is 0.517. The molecule has 0 spiro atoms. The van der Waals surface area contributed by atoms with E-state index >= 15 is 0 Å². The third-order valence-corrected chi connectivity index (χ3v) is 7.52. The van der Waals surface area contributed by atoms with Crippen LogP contribution in [0.4, 0.5) is 4.79 Å². The lowest BCUT2D eigenvalue weighted by Crippen LogP contribution is -2.57. The Bertz CT molecular complexity index is 1170. The molecule has 12 heteroatoms. The highest BCUT2D eigenvalue weighted by atomic mass is 32.1. The van der Waals surface area contributed by atoms with Gasteiger partial charge < -0.3 is 15.3 Å². The minimum atomic E-state index is -1.01. The highest BCUT2D eigenvalue weighted by molar-refractivity contribution is 7.13. The molecule has 2 aliphatic heterocycles. The number of nitrogens with one attached hydrogen (secondary N) is 2. The van der Waals surface area contributed by atoms with Crippen molar-refractivity contribution in [3.05, 3.63) is 41.0 Å². The summed E-state index contributed by atoms with van der Waals surface area (Å²) in [6.07, 6.45) is -0.427. The first-order valence-electron chi connectivity index (χ1n) is 11.8. The van der Waals surface area contributed by atoms with E-state index in [1.165, 1.54) is 0 Å². The summed E-state index contributed by atoms with van der Waals surface area (Å²) < 4.78 is 0. The van der Waals surface area contributed by atoms with Gasteiger partial charge in [0.15, 0.2) is 13.0 Å². The second kappa shape index (κ2) is 9.99. The zero-order valence-electron chi connectivity index (χ0n) is 21.1. The number of aliphatic hydroxyl groups is 1. The topological polar surface area (TPSA) is 116 Å². The molecule has 0 bridgehead atoms. The average Bonchev–Trinajstić information content (AvgIpc) is 3.54. The molecule has 2 amide bonds. The zero-order chi connectivity index (χ0) is 26.3. The van der Waals surface area contributed by atoms with Crippen molar-refractivity contribution in [2.75, 3.05) is 6.54 Å². The summed E-state index contributed by atoms with van der Waals surface area (Å²) in [7, 11) is 6.24. The summed E-state index contributed by atoms with van der Waals surface area (Å²) in [6.45, 7) is 9.52. The van der Waals surface area contributed by atoms with Crippen molar-refractivity contribution < 1.29 is 19.5 Å². The van der Waals surface area contributed by atoms with Crippen LogP contribution in [0.3, 0.4) is 0 Å². The molecule has 1 saturated heterocycles. The van der Waals surface area contributed by atoms with E-state index in [0.29, 0.717) is 12.3 Å². The molecule has 3 radical (unpaired) electrons. The molecule has 3 heterocycles. The fourth-order valence-electron chi connectivity index (χ4n) is 4.52. The third kappa shape index (κ3) is 5.21. The number of carbonyl (C=O) groups is 2. The van der Waals surface area contributed by atoms with E-state index < -0.39 is 35.1 Å². The lowest BCUT2D eigenvalue weighted by molar-refractivity contribution is -0.136. The van der Waals surface area contributed by atoms with Gasteiger partial charge in [-0.15, -0.1) is 11.3 Å². The highest BCUT2D eigenvalue weighted by Gasteiger charge is 2.46.